The minimum absolute atomic E-state index is 0.701. The molecule has 0 aromatic carbocycles. The van der Waals surface area contributed by atoms with Crippen LogP contribution in [0.1, 0.15) is 25.7 Å². The third-order valence-electron chi connectivity index (χ3n) is 2.10. The van der Waals surface area contributed by atoms with Gasteiger partial charge in [-0.25, -0.2) is 4.31 Å². The fourth-order valence-electron chi connectivity index (χ4n) is 1.52. The van der Waals surface area contributed by atoms with Gasteiger partial charge in [-0.3, -0.25) is 0 Å². The van der Waals surface area contributed by atoms with Crippen molar-refractivity contribution in [2.75, 3.05) is 13.1 Å². The lowest BCUT2D eigenvalue weighted by atomic mass is 10.2. The molecule has 1 fully saturated rings. The summed E-state index contributed by atoms with van der Waals surface area (Å²) in [5.41, 5.74) is 5.41. The summed E-state index contributed by atoms with van der Waals surface area (Å²) in [6.45, 7) is 1.65. The lowest BCUT2D eigenvalue weighted by Gasteiger charge is -2.21. The molecule has 1 aliphatic carbocycles. The average molecular weight is 160 g/mol. The second kappa shape index (κ2) is 4.21. The molecule has 0 aliphatic heterocycles. The Morgan fingerprint density at radius 2 is 2.00 bits per heavy atom. The summed E-state index contributed by atoms with van der Waals surface area (Å²) in [5, 5.41) is 0. The number of nitrogens with zero attached hydrogens (tertiary/aromatic N) is 1. The molecule has 0 amide bonds. The van der Waals surface area contributed by atoms with Crippen LogP contribution in [0.4, 0.5) is 0 Å². The molecule has 2 nitrogen and oxygen atoms in total. The second-order valence-corrected chi connectivity index (χ2v) is 3.40. The normalized spacial score (nSPS) is 20.7. The van der Waals surface area contributed by atoms with Crippen molar-refractivity contribution in [2.24, 2.45) is 5.73 Å². The van der Waals surface area contributed by atoms with Gasteiger partial charge in [-0.15, -0.1) is 0 Å². The molecule has 1 saturated carbocycles. The molecule has 0 bridgehead atoms. The topological polar surface area (TPSA) is 29.3 Å². The van der Waals surface area contributed by atoms with Gasteiger partial charge in [-0.2, -0.15) is 0 Å². The highest BCUT2D eigenvalue weighted by atomic mass is 32.1. The number of hydrogen-bond acceptors (Lipinski definition) is 3. The van der Waals surface area contributed by atoms with Crippen LogP contribution in [0.3, 0.4) is 0 Å². The van der Waals surface area contributed by atoms with Gasteiger partial charge >= 0.3 is 0 Å². The minimum atomic E-state index is 0.701. The lowest BCUT2D eigenvalue weighted by Crippen LogP contribution is -2.29. The van der Waals surface area contributed by atoms with E-state index in [9.17, 15) is 0 Å². The maximum atomic E-state index is 5.41. The second-order valence-electron chi connectivity index (χ2n) is 2.89. The van der Waals surface area contributed by atoms with Crippen LogP contribution < -0.4 is 5.73 Å². The first kappa shape index (κ1) is 8.37. The van der Waals surface area contributed by atoms with Crippen LogP contribution in [0.15, 0.2) is 0 Å². The Bertz CT molecular complexity index is 91.6. The summed E-state index contributed by atoms with van der Waals surface area (Å²) in [6, 6.07) is 0.701. The average Bonchev–Trinajstić information content (AvgIpc) is 2.38. The van der Waals surface area contributed by atoms with E-state index in [1.54, 1.807) is 0 Å². The van der Waals surface area contributed by atoms with Crippen molar-refractivity contribution in [2.45, 2.75) is 31.7 Å². The zero-order chi connectivity index (χ0) is 7.40. The zero-order valence-corrected chi connectivity index (χ0v) is 7.19. The molecule has 60 valence electrons. The predicted octanol–water partition coefficient (Wildman–Crippen LogP) is 1.03. The van der Waals surface area contributed by atoms with Gasteiger partial charge in [0, 0.05) is 19.1 Å². The number of thiol groups is 1. The Kier molecular flexibility index (Phi) is 3.52. The molecule has 0 saturated heterocycles. The molecule has 10 heavy (non-hydrogen) atoms. The molecule has 0 unspecified atom stereocenters. The van der Waals surface area contributed by atoms with Gasteiger partial charge < -0.3 is 5.73 Å². The fourth-order valence-corrected chi connectivity index (χ4v) is 1.86. The summed E-state index contributed by atoms with van der Waals surface area (Å²) in [6.07, 6.45) is 5.35. The van der Waals surface area contributed by atoms with Gasteiger partial charge in [-0.1, -0.05) is 25.7 Å². The summed E-state index contributed by atoms with van der Waals surface area (Å²) >= 11 is 4.36. The van der Waals surface area contributed by atoms with E-state index in [0.29, 0.717) is 6.04 Å². The van der Waals surface area contributed by atoms with Crippen LogP contribution in [-0.4, -0.2) is 23.4 Å². The van der Waals surface area contributed by atoms with Crippen LogP contribution in [0.5, 0.6) is 0 Å². The molecule has 2 N–H and O–H groups in total. The van der Waals surface area contributed by atoms with Crippen molar-refractivity contribution in [3.8, 4) is 0 Å². The number of hydrogen-bond donors (Lipinski definition) is 2. The molecule has 0 heterocycles. The van der Waals surface area contributed by atoms with Gasteiger partial charge in [0.2, 0.25) is 0 Å². The zero-order valence-electron chi connectivity index (χ0n) is 6.29. The van der Waals surface area contributed by atoms with Gasteiger partial charge in [0.25, 0.3) is 0 Å². The van der Waals surface area contributed by atoms with Crippen molar-refractivity contribution >= 4 is 12.8 Å². The molecule has 3 heteroatoms. The molecule has 0 atom stereocenters. The Morgan fingerprint density at radius 3 is 2.50 bits per heavy atom. The van der Waals surface area contributed by atoms with E-state index in [1.165, 1.54) is 25.7 Å². The molecule has 0 spiro atoms. The van der Waals surface area contributed by atoms with Gasteiger partial charge in [-0.05, 0) is 12.8 Å². The van der Waals surface area contributed by atoms with Crippen molar-refractivity contribution < 1.29 is 0 Å². The van der Waals surface area contributed by atoms with E-state index in [0.717, 1.165) is 13.1 Å². The molecule has 0 aromatic heterocycles. The Hall–Kier alpha value is 0.270. The number of nitrogens with two attached hydrogens (primary N) is 1. The van der Waals surface area contributed by atoms with E-state index in [2.05, 4.69) is 17.1 Å². The Labute approximate surface area is 68.3 Å². The number of rotatable bonds is 3. The van der Waals surface area contributed by atoms with Crippen molar-refractivity contribution in [1.82, 2.24) is 4.31 Å². The summed E-state index contributed by atoms with van der Waals surface area (Å²) in [5.74, 6) is 0. The standard InChI is InChI=1S/C7H16N2S/c8-5-6-9(10)7-3-1-2-4-7/h7,10H,1-6,8H2. The Balaban J connectivity index is 2.18. The minimum Gasteiger partial charge on any atom is -0.329 e. The van der Waals surface area contributed by atoms with Crippen LogP contribution in [0.2, 0.25) is 0 Å². The van der Waals surface area contributed by atoms with Crippen LogP contribution in [0.25, 0.3) is 0 Å². The summed E-state index contributed by atoms with van der Waals surface area (Å²) < 4.78 is 2.09. The van der Waals surface area contributed by atoms with Gasteiger partial charge in [0.05, 0.1) is 0 Å². The van der Waals surface area contributed by atoms with Crippen LogP contribution >= 0.6 is 12.8 Å². The summed E-state index contributed by atoms with van der Waals surface area (Å²) in [4.78, 5) is 0. The van der Waals surface area contributed by atoms with E-state index in [1.807, 2.05) is 0 Å². The third kappa shape index (κ3) is 2.15. The van der Waals surface area contributed by atoms with Gasteiger partial charge in [0.15, 0.2) is 0 Å². The maximum Gasteiger partial charge on any atom is 0.0213 e. The molecule has 0 aromatic rings. The molecular weight excluding hydrogens is 144 g/mol. The molecule has 0 radical (unpaired) electrons. The first-order chi connectivity index (χ1) is 4.84. The largest absolute Gasteiger partial charge is 0.329 e. The van der Waals surface area contributed by atoms with E-state index >= 15 is 0 Å². The van der Waals surface area contributed by atoms with Crippen molar-refractivity contribution in [3.05, 3.63) is 0 Å². The smallest absolute Gasteiger partial charge is 0.0213 e. The highest BCUT2D eigenvalue weighted by Crippen LogP contribution is 2.23. The highest BCUT2D eigenvalue weighted by Gasteiger charge is 2.18. The summed E-state index contributed by atoms with van der Waals surface area (Å²) in [7, 11) is 0. The third-order valence-corrected chi connectivity index (χ3v) is 2.63. The quantitative estimate of drug-likeness (QED) is 0.604. The van der Waals surface area contributed by atoms with Crippen LogP contribution in [0, 0.1) is 0 Å². The first-order valence-electron chi connectivity index (χ1n) is 4.00. The van der Waals surface area contributed by atoms with E-state index in [4.69, 9.17) is 5.73 Å². The molecule has 1 rings (SSSR count). The molecule has 1 aliphatic rings. The van der Waals surface area contributed by atoms with Crippen LogP contribution in [-0.2, 0) is 0 Å². The highest BCUT2D eigenvalue weighted by molar-refractivity contribution is 7.77. The van der Waals surface area contributed by atoms with Crippen molar-refractivity contribution in [3.63, 3.8) is 0 Å². The fraction of sp³-hybridized carbons (Fsp3) is 1.00. The SMILES string of the molecule is NCCN(S)C1CCCC1. The predicted molar refractivity (Wildman–Crippen MR) is 47.0 cm³/mol. The monoisotopic (exact) mass is 160 g/mol. The maximum absolute atomic E-state index is 5.41. The lowest BCUT2D eigenvalue weighted by molar-refractivity contribution is 0.368. The molecular formula is C7H16N2S. The Morgan fingerprint density at radius 1 is 1.40 bits per heavy atom. The van der Waals surface area contributed by atoms with Crippen molar-refractivity contribution in [1.29, 1.82) is 0 Å². The van der Waals surface area contributed by atoms with E-state index in [-0.39, 0.29) is 0 Å². The first-order valence-corrected chi connectivity index (χ1v) is 4.40. The van der Waals surface area contributed by atoms with Gasteiger partial charge in [0.1, 0.15) is 0 Å². The van der Waals surface area contributed by atoms with E-state index < -0.39 is 0 Å².